The Bertz CT molecular complexity index is 1420. The van der Waals surface area contributed by atoms with Crippen LogP contribution in [0.25, 0.3) is 0 Å². The number of allylic oxidation sites excluding steroid dienone is 1. The number of esters is 1. The third-order valence-corrected chi connectivity index (χ3v) is 8.46. The number of aliphatic imine (C=N–C) groups is 1. The molecule has 3 aliphatic heterocycles. The van der Waals surface area contributed by atoms with Crippen molar-refractivity contribution in [3.8, 4) is 0 Å². The van der Waals surface area contributed by atoms with Crippen LogP contribution in [0.5, 0.6) is 0 Å². The topological polar surface area (TPSA) is 82.5 Å². The zero-order chi connectivity index (χ0) is 28.4. The van der Waals surface area contributed by atoms with E-state index in [0.29, 0.717) is 37.4 Å². The molecular weight excluding hydrogens is 524 g/mol. The summed E-state index contributed by atoms with van der Waals surface area (Å²) in [5, 5.41) is 2.71. The van der Waals surface area contributed by atoms with Crippen LogP contribution in [0.4, 0.5) is 0 Å². The first-order valence-corrected chi connectivity index (χ1v) is 14.4. The van der Waals surface area contributed by atoms with Crippen molar-refractivity contribution in [3.63, 3.8) is 0 Å². The van der Waals surface area contributed by atoms with E-state index < -0.39 is 12.0 Å². The first-order chi connectivity index (χ1) is 19.2. The first kappa shape index (κ1) is 27.7. The minimum absolute atomic E-state index is 0.00417. The Kier molecular flexibility index (Phi) is 8.12. The van der Waals surface area contributed by atoms with Crippen molar-refractivity contribution in [3.05, 3.63) is 93.2 Å². The molecule has 1 saturated heterocycles. The Labute approximate surface area is 239 Å². The van der Waals surface area contributed by atoms with E-state index in [1.54, 1.807) is 11.8 Å². The average Bonchev–Trinajstić information content (AvgIpc) is 3.34. The molecule has 0 bridgehead atoms. The fourth-order valence-corrected chi connectivity index (χ4v) is 6.28. The van der Waals surface area contributed by atoms with Gasteiger partial charge in [-0.1, -0.05) is 65.9 Å². The molecule has 3 heterocycles. The quantitative estimate of drug-likeness (QED) is 0.478. The number of carbonyl (C=O) groups is 3. The average molecular weight is 559 g/mol. The third-order valence-electron chi connectivity index (χ3n) is 7.57. The number of amidine groups is 1. The van der Waals surface area contributed by atoms with Gasteiger partial charge < -0.3 is 19.4 Å². The Balaban J connectivity index is 1.43. The number of hydrogen-bond acceptors (Lipinski definition) is 7. The molecule has 0 spiro atoms. The number of ether oxygens (including phenoxy) is 1. The second-order valence-electron chi connectivity index (χ2n) is 10.4. The fourth-order valence-electron chi connectivity index (χ4n) is 5.32. The molecule has 0 radical (unpaired) electrons. The van der Waals surface area contributed by atoms with Crippen LogP contribution in [0.15, 0.2) is 75.9 Å². The molecule has 2 amide bonds. The molecule has 2 aromatic carbocycles. The van der Waals surface area contributed by atoms with Crippen LogP contribution >= 0.6 is 11.8 Å². The van der Waals surface area contributed by atoms with Gasteiger partial charge in [0.05, 0.1) is 23.7 Å². The highest BCUT2D eigenvalue weighted by atomic mass is 32.2. The largest absolute Gasteiger partial charge is 0.457 e. The number of rotatable bonds is 6. The highest BCUT2D eigenvalue weighted by Crippen LogP contribution is 2.46. The van der Waals surface area contributed by atoms with Gasteiger partial charge in [0.25, 0.3) is 0 Å². The third kappa shape index (κ3) is 5.70. The zero-order valence-corrected chi connectivity index (χ0v) is 24.2. The molecule has 208 valence electrons. The van der Waals surface area contributed by atoms with Crippen molar-refractivity contribution in [2.24, 2.45) is 4.99 Å². The van der Waals surface area contributed by atoms with Crippen molar-refractivity contribution < 1.29 is 19.1 Å². The highest BCUT2D eigenvalue weighted by molar-refractivity contribution is 8.16. The Morgan fingerprint density at radius 1 is 0.975 bits per heavy atom. The van der Waals surface area contributed by atoms with Gasteiger partial charge in [-0.2, -0.15) is 0 Å². The van der Waals surface area contributed by atoms with Crippen LogP contribution in [-0.2, 0) is 25.7 Å². The number of hydrogen-bond donors (Lipinski definition) is 0. The zero-order valence-electron chi connectivity index (χ0n) is 23.3. The van der Waals surface area contributed by atoms with E-state index in [1.807, 2.05) is 66.3 Å². The highest BCUT2D eigenvalue weighted by Gasteiger charge is 2.42. The lowest BCUT2D eigenvalue weighted by molar-refractivity contribution is -0.141. The maximum atomic E-state index is 13.7. The number of amides is 2. The summed E-state index contributed by atoms with van der Waals surface area (Å²) in [7, 11) is 0. The number of fused-ring (bicyclic) bond motifs is 1. The maximum absolute atomic E-state index is 13.7. The molecule has 0 aromatic heterocycles. The second-order valence-corrected chi connectivity index (χ2v) is 11.2. The van der Waals surface area contributed by atoms with E-state index in [0.717, 1.165) is 33.1 Å². The van der Waals surface area contributed by atoms with Gasteiger partial charge >= 0.3 is 5.97 Å². The molecule has 9 heteroatoms. The number of aryl methyl sites for hydroxylation is 2. The van der Waals surface area contributed by atoms with E-state index in [1.165, 1.54) is 11.8 Å². The van der Waals surface area contributed by atoms with E-state index in [4.69, 9.17) is 9.73 Å². The van der Waals surface area contributed by atoms with E-state index in [-0.39, 0.29) is 24.8 Å². The molecular formula is C31H34N4O4S. The van der Waals surface area contributed by atoms with Crippen LogP contribution in [0.1, 0.15) is 48.6 Å². The molecule has 0 unspecified atom stereocenters. The van der Waals surface area contributed by atoms with Crippen LogP contribution in [0.2, 0.25) is 0 Å². The fraction of sp³-hybridized carbons (Fsp3) is 0.355. The molecule has 3 aliphatic rings. The van der Waals surface area contributed by atoms with Gasteiger partial charge in [0.1, 0.15) is 6.61 Å². The van der Waals surface area contributed by atoms with Crippen molar-refractivity contribution in [1.82, 2.24) is 14.7 Å². The number of carbonyl (C=O) groups excluding carboxylic acids is 3. The van der Waals surface area contributed by atoms with Gasteiger partial charge in [-0.05, 0) is 42.9 Å². The van der Waals surface area contributed by atoms with Crippen molar-refractivity contribution in [2.75, 3.05) is 26.2 Å². The maximum Gasteiger partial charge on any atom is 0.338 e. The summed E-state index contributed by atoms with van der Waals surface area (Å²) < 4.78 is 5.82. The van der Waals surface area contributed by atoms with Crippen molar-refractivity contribution in [2.45, 2.75) is 46.8 Å². The summed E-state index contributed by atoms with van der Waals surface area (Å²) in [4.78, 5) is 49.2. The molecule has 2 aromatic rings. The predicted molar refractivity (Wildman–Crippen MR) is 156 cm³/mol. The van der Waals surface area contributed by atoms with Gasteiger partial charge in [0.15, 0.2) is 5.17 Å². The molecule has 40 heavy (non-hydrogen) atoms. The molecule has 0 aliphatic carbocycles. The summed E-state index contributed by atoms with van der Waals surface area (Å²) in [5.74, 6) is -0.394. The summed E-state index contributed by atoms with van der Waals surface area (Å²) >= 11 is 1.47. The lowest BCUT2D eigenvalue weighted by Gasteiger charge is -2.38. The Morgan fingerprint density at radius 2 is 1.68 bits per heavy atom. The summed E-state index contributed by atoms with van der Waals surface area (Å²) in [6, 6.07) is 15.4. The van der Waals surface area contributed by atoms with Gasteiger partial charge in [-0.15, -0.1) is 0 Å². The number of piperazine rings is 1. The van der Waals surface area contributed by atoms with Gasteiger partial charge in [-0.25, -0.2) is 9.79 Å². The van der Waals surface area contributed by atoms with E-state index >= 15 is 0 Å². The number of benzene rings is 2. The minimum Gasteiger partial charge on any atom is -0.457 e. The molecule has 0 saturated carbocycles. The Hall–Kier alpha value is -3.85. The predicted octanol–water partition coefficient (Wildman–Crippen LogP) is 4.70. The van der Waals surface area contributed by atoms with Crippen molar-refractivity contribution >= 4 is 34.7 Å². The van der Waals surface area contributed by atoms with Gasteiger partial charge in [0, 0.05) is 38.8 Å². The van der Waals surface area contributed by atoms with Crippen LogP contribution in [0.3, 0.4) is 0 Å². The smallest absolute Gasteiger partial charge is 0.338 e. The molecule has 1 fully saturated rings. The summed E-state index contributed by atoms with van der Waals surface area (Å²) in [6.07, 6.45) is 0.179. The van der Waals surface area contributed by atoms with Gasteiger partial charge in [0.2, 0.25) is 11.8 Å². The molecule has 8 nitrogen and oxygen atoms in total. The SMILES string of the molecule is CC(=O)N1CCN(C(=O)CC2=CSC3=NC(C)=C(C(=O)OCc4ccccc4)[C@H](c4cc(C)ccc4C)N23)CC1. The lowest BCUT2D eigenvalue weighted by Crippen LogP contribution is -2.50. The standard InChI is InChI=1S/C31H34N4O4S/c1-20-10-11-21(2)26(16-20)29-28(30(38)39-18-24-8-6-5-7-9-24)22(3)32-31-35(29)25(19-40-31)17-27(37)34-14-12-33(13-15-34)23(4)36/h5-11,16,19,29H,12-15,17-18H2,1-4H3/t29-/m0/s1. The summed E-state index contributed by atoms with van der Waals surface area (Å²) in [6.45, 7) is 9.73. The Morgan fingerprint density at radius 3 is 2.38 bits per heavy atom. The van der Waals surface area contributed by atoms with E-state index in [2.05, 4.69) is 18.2 Å². The molecule has 1 atom stereocenters. The monoisotopic (exact) mass is 558 g/mol. The van der Waals surface area contributed by atoms with Crippen LogP contribution in [0, 0.1) is 13.8 Å². The number of nitrogens with zero attached hydrogens (tertiary/aromatic N) is 4. The first-order valence-electron chi connectivity index (χ1n) is 13.5. The van der Waals surface area contributed by atoms with Gasteiger partial charge in [-0.3, -0.25) is 9.59 Å². The normalized spacial score (nSPS) is 18.8. The van der Waals surface area contributed by atoms with Crippen LogP contribution < -0.4 is 0 Å². The summed E-state index contributed by atoms with van der Waals surface area (Å²) in [5.41, 5.74) is 5.90. The van der Waals surface area contributed by atoms with Crippen LogP contribution in [-0.4, -0.2) is 63.8 Å². The second kappa shape index (κ2) is 11.7. The van der Waals surface area contributed by atoms with E-state index in [9.17, 15) is 14.4 Å². The molecule has 5 rings (SSSR count). The lowest BCUT2D eigenvalue weighted by atomic mass is 9.90. The number of thioether (sulfide) groups is 1. The van der Waals surface area contributed by atoms with Crippen molar-refractivity contribution in [1.29, 1.82) is 0 Å². The molecule has 0 N–H and O–H groups in total. The minimum atomic E-state index is -0.473.